The Labute approximate surface area is 172 Å². The fourth-order valence-corrected chi connectivity index (χ4v) is 5.47. The maximum Gasteiger partial charge on any atom is 0.234 e. The second-order valence-corrected chi connectivity index (χ2v) is 8.67. The lowest BCUT2D eigenvalue weighted by atomic mass is 9.83. The van der Waals surface area contributed by atoms with Crippen LogP contribution in [-0.4, -0.2) is 44.9 Å². The van der Waals surface area contributed by atoms with Crippen molar-refractivity contribution in [1.82, 2.24) is 15.4 Å². The SMILES string of the molecule is O=C(C[C@@H]1CSC2=N[C@@H]3CCCC[C@@H]3C(=O)N21)NCc1cc(-c2ccco2)on1. The van der Waals surface area contributed by atoms with Crippen molar-refractivity contribution < 1.29 is 18.5 Å². The van der Waals surface area contributed by atoms with Gasteiger partial charge in [-0.25, -0.2) is 0 Å². The molecule has 152 valence electrons. The molecular formula is C20H22N4O4S. The highest BCUT2D eigenvalue weighted by Crippen LogP contribution is 2.38. The molecule has 0 radical (unpaired) electrons. The molecule has 3 aliphatic rings. The van der Waals surface area contributed by atoms with Crippen molar-refractivity contribution in [3.05, 3.63) is 30.2 Å². The number of furan rings is 1. The van der Waals surface area contributed by atoms with Gasteiger partial charge in [0.2, 0.25) is 17.6 Å². The number of amides is 2. The van der Waals surface area contributed by atoms with Gasteiger partial charge < -0.3 is 14.3 Å². The van der Waals surface area contributed by atoms with Gasteiger partial charge in [-0.3, -0.25) is 19.5 Å². The molecule has 29 heavy (non-hydrogen) atoms. The first-order valence-corrected chi connectivity index (χ1v) is 11.0. The summed E-state index contributed by atoms with van der Waals surface area (Å²) >= 11 is 1.59. The summed E-state index contributed by atoms with van der Waals surface area (Å²) in [6.45, 7) is 0.266. The van der Waals surface area contributed by atoms with Crippen LogP contribution in [0.25, 0.3) is 11.5 Å². The van der Waals surface area contributed by atoms with E-state index in [2.05, 4.69) is 10.5 Å². The van der Waals surface area contributed by atoms with Gasteiger partial charge in [0.15, 0.2) is 10.9 Å². The van der Waals surface area contributed by atoms with E-state index >= 15 is 0 Å². The van der Waals surface area contributed by atoms with Crippen LogP contribution in [-0.2, 0) is 16.1 Å². The molecule has 5 rings (SSSR count). The van der Waals surface area contributed by atoms with Crippen molar-refractivity contribution in [2.75, 3.05) is 5.75 Å². The second-order valence-electron chi connectivity index (χ2n) is 7.68. The molecule has 8 nitrogen and oxygen atoms in total. The fourth-order valence-electron chi connectivity index (χ4n) is 4.27. The van der Waals surface area contributed by atoms with Crippen molar-refractivity contribution in [2.24, 2.45) is 10.9 Å². The zero-order valence-electron chi connectivity index (χ0n) is 15.9. The van der Waals surface area contributed by atoms with Gasteiger partial charge in [0.1, 0.15) is 5.69 Å². The van der Waals surface area contributed by atoms with E-state index in [0.29, 0.717) is 23.0 Å². The molecule has 0 bridgehead atoms. The van der Waals surface area contributed by atoms with E-state index in [1.54, 1.807) is 41.1 Å². The average Bonchev–Trinajstić information content (AvgIpc) is 3.48. The predicted molar refractivity (Wildman–Crippen MR) is 107 cm³/mol. The first kappa shape index (κ1) is 18.5. The van der Waals surface area contributed by atoms with Gasteiger partial charge in [0.25, 0.3) is 0 Å². The smallest absolute Gasteiger partial charge is 0.234 e. The van der Waals surface area contributed by atoms with Gasteiger partial charge in [-0.15, -0.1) is 0 Å². The predicted octanol–water partition coefficient (Wildman–Crippen LogP) is 2.81. The Kier molecular flexibility index (Phi) is 4.91. The minimum Gasteiger partial charge on any atom is -0.461 e. The standard InChI is InChI=1S/C20H22N4O4S/c25-18(21-10-12-8-17(28-23-12)16-6-3-7-27-16)9-13-11-29-20-22-15-5-2-1-4-14(15)19(26)24(13)20/h3,6-8,13-15H,1-2,4-5,9-11H2,(H,21,25)/t13-,14+,15-/m1/s1. The van der Waals surface area contributed by atoms with Crippen molar-refractivity contribution in [3.8, 4) is 11.5 Å². The molecule has 1 saturated carbocycles. The number of nitrogens with zero attached hydrogens (tertiary/aromatic N) is 3. The summed E-state index contributed by atoms with van der Waals surface area (Å²) in [5.74, 6) is 1.86. The lowest BCUT2D eigenvalue weighted by molar-refractivity contribution is -0.135. The summed E-state index contributed by atoms with van der Waals surface area (Å²) in [6, 6.07) is 5.30. The van der Waals surface area contributed by atoms with Crippen molar-refractivity contribution in [3.63, 3.8) is 0 Å². The number of rotatable bonds is 5. The molecule has 0 aromatic carbocycles. The zero-order chi connectivity index (χ0) is 19.8. The van der Waals surface area contributed by atoms with Crippen LogP contribution in [0.2, 0.25) is 0 Å². The Morgan fingerprint density at radius 1 is 1.31 bits per heavy atom. The number of amidine groups is 1. The number of fused-ring (bicyclic) bond motifs is 2. The maximum absolute atomic E-state index is 13.0. The first-order valence-electron chi connectivity index (χ1n) is 9.99. The molecule has 2 aromatic heterocycles. The van der Waals surface area contributed by atoms with E-state index in [-0.39, 0.29) is 42.8 Å². The van der Waals surface area contributed by atoms with E-state index in [1.807, 2.05) is 0 Å². The summed E-state index contributed by atoms with van der Waals surface area (Å²) in [5, 5.41) is 7.63. The third kappa shape index (κ3) is 3.59. The number of aliphatic imine (C=N–C) groups is 1. The molecule has 1 saturated heterocycles. The molecule has 2 amide bonds. The Morgan fingerprint density at radius 3 is 3.07 bits per heavy atom. The zero-order valence-corrected chi connectivity index (χ0v) is 16.7. The van der Waals surface area contributed by atoms with E-state index < -0.39 is 0 Å². The molecular weight excluding hydrogens is 392 g/mol. The third-order valence-electron chi connectivity index (χ3n) is 5.75. The normalized spacial score (nSPS) is 26.1. The minimum absolute atomic E-state index is 0.00749. The molecule has 4 heterocycles. The molecule has 3 atom stereocenters. The summed E-state index contributed by atoms with van der Waals surface area (Å²) in [6.07, 6.45) is 5.96. The van der Waals surface area contributed by atoms with Crippen LogP contribution in [0.1, 0.15) is 37.8 Å². The molecule has 2 aromatic rings. The summed E-state index contributed by atoms with van der Waals surface area (Å²) in [5.41, 5.74) is 0.617. The second kappa shape index (κ2) is 7.70. The number of aromatic nitrogens is 1. The first-order chi connectivity index (χ1) is 14.2. The van der Waals surface area contributed by atoms with Crippen LogP contribution in [0.15, 0.2) is 38.4 Å². The van der Waals surface area contributed by atoms with Crippen LogP contribution in [0, 0.1) is 5.92 Å². The summed E-state index contributed by atoms with van der Waals surface area (Å²) in [4.78, 5) is 32.1. The summed E-state index contributed by atoms with van der Waals surface area (Å²) in [7, 11) is 0. The lowest BCUT2D eigenvalue weighted by Crippen LogP contribution is -2.51. The monoisotopic (exact) mass is 414 g/mol. The van der Waals surface area contributed by atoms with Crippen LogP contribution in [0.4, 0.5) is 0 Å². The van der Waals surface area contributed by atoms with Crippen LogP contribution < -0.4 is 5.32 Å². The quantitative estimate of drug-likeness (QED) is 0.807. The Hall–Kier alpha value is -2.55. The minimum atomic E-state index is -0.134. The van der Waals surface area contributed by atoms with Gasteiger partial charge >= 0.3 is 0 Å². The largest absolute Gasteiger partial charge is 0.461 e. The Morgan fingerprint density at radius 2 is 2.21 bits per heavy atom. The lowest BCUT2D eigenvalue weighted by Gasteiger charge is -2.37. The van der Waals surface area contributed by atoms with Crippen LogP contribution >= 0.6 is 11.8 Å². The number of carbonyl (C=O) groups excluding carboxylic acids is 2. The Balaban J connectivity index is 1.19. The number of hydrogen-bond acceptors (Lipinski definition) is 7. The Bertz CT molecular complexity index is 938. The highest BCUT2D eigenvalue weighted by Gasteiger charge is 2.45. The maximum atomic E-state index is 13.0. The van der Waals surface area contributed by atoms with Crippen LogP contribution in [0.5, 0.6) is 0 Å². The van der Waals surface area contributed by atoms with Gasteiger partial charge in [-0.2, -0.15) is 0 Å². The number of nitrogens with one attached hydrogen (secondary N) is 1. The molecule has 0 spiro atoms. The molecule has 9 heteroatoms. The average molecular weight is 414 g/mol. The van der Waals surface area contributed by atoms with Crippen LogP contribution in [0.3, 0.4) is 0 Å². The molecule has 0 unspecified atom stereocenters. The van der Waals surface area contributed by atoms with Gasteiger partial charge in [-0.05, 0) is 25.0 Å². The topological polar surface area (TPSA) is 101 Å². The number of carbonyl (C=O) groups is 2. The van der Waals surface area contributed by atoms with Crippen molar-refractivity contribution in [2.45, 2.75) is 50.7 Å². The third-order valence-corrected chi connectivity index (χ3v) is 6.86. The van der Waals surface area contributed by atoms with Crippen molar-refractivity contribution in [1.29, 1.82) is 0 Å². The van der Waals surface area contributed by atoms with Gasteiger partial charge in [0, 0.05) is 18.2 Å². The molecule has 1 N–H and O–H groups in total. The van der Waals surface area contributed by atoms with E-state index in [9.17, 15) is 9.59 Å². The highest BCUT2D eigenvalue weighted by molar-refractivity contribution is 8.14. The molecule has 2 aliphatic heterocycles. The number of hydrogen-bond donors (Lipinski definition) is 1. The van der Waals surface area contributed by atoms with Gasteiger partial charge in [0.05, 0.1) is 30.8 Å². The van der Waals surface area contributed by atoms with Gasteiger partial charge in [-0.1, -0.05) is 29.8 Å². The van der Waals surface area contributed by atoms with Crippen molar-refractivity contribution >= 4 is 28.7 Å². The summed E-state index contributed by atoms with van der Waals surface area (Å²) < 4.78 is 10.5. The number of thioether (sulfide) groups is 1. The highest BCUT2D eigenvalue weighted by atomic mass is 32.2. The van der Waals surface area contributed by atoms with E-state index in [1.165, 1.54) is 0 Å². The fraction of sp³-hybridized carbons (Fsp3) is 0.500. The molecule has 1 aliphatic carbocycles. The van der Waals surface area contributed by atoms with E-state index in [0.717, 1.165) is 30.9 Å². The molecule has 2 fully saturated rings. The van der Waals surface area contributed by atoms with E-state index in [4.69, 9.17) is 13.9 Å².